The molecule has 0 saturated carbocycles. The molecule has 0 bridgehead atoms. The van der Waals surface area contributed by atoms with Crippen LogP contribution in [-0.4, -0.2) is 22.9 Å². The first kappa shape index (κ1) is 19.9. The maximum atomic E-state index is 13.1. The number of rotatable bonds is 9. The van der Waals surface area contributed by atoms with Crippen LogP contribution in [0.3, 0.4) is 0 Å². The molecule has 1 atom stereocenters. The van der Waals surface area contributed by atoms with Crippen molar-refractivity contribution in [1.82, 2.24) is 0 Å². The lowest BCUT2D eigenvalue weighted by atomic mass is 9.75. The molecule has 1 aliphatic rings. The molecule has 0 saturated heterocycles. The van der Waals surface area contributed by atoms with Crippen molar-refractivity contribution in [1.29, 1.82) is 0 Å². The third-order valence-electron chi connectivity index (χ3n) is 4.90. The maximum Gasteiger partial charge on any atom is 0.304 e. The second-order valence-electron chi connectivity index (χ2n) is 6.85. The minimum atomic E-state index is -1.21. The van der Waals surface area contributed by atoms with Crippen LogP contribution < -0.4 is 4.90 Å². The first-order chi connectivity index (χ1) is 12.4. The normalized spacial score (nSPS) is 19.2. The first-order valence-electron chi connectivity index (χ1n) is 9.25. The van der Waals surface area contributed by atoms with Crippen LogP contribution in [-0.2, 0) is 19.8 Å². The maximum absolute atomic E-state index is 13.1. The summed E-state index contributed by atoms with van der Waals surface area (Å²) < 4.78 is 0. The zero-order valence-corrected chi connectivity index (χ0v) is 15.5. The number of para-hydroxylation sites is 1. The van der Waals surface area contributed by atoms with Gasteiger partial charge in [0.25, 0.3) is 0 Å². The average Bonchev–Trinajstić information content (AvgIpc) is 2.83. The molecule has 1 aromatic rings. The predicted molar refractivity (Wildman–Crippen MR) is 101 cm³/mol. The van der Waals surface area contributed by atoms with Crippen LogP contribution in [0.1, 0.15) is 64.4 Å². The number of anilines is 1. The van der Waals surface area contributed by atoms with Crippen molar-refractivity contribution >= 4 is 23.5 Å². The monoisotopic (exact) mass is 357 g/mol. The lowest BCUT2D eigenvalue weighted by Crippen LogP contribution is -2.43. The number of carboxylic acid groups (broad SMARTS) is 1. The Kier molecular flexibility index (Phi) is 6.72. The molecule has 0 unspecified atom stereocenters. The molecule has 1 N–H and O–H groups in total. The smallest absolute Gasteiger partial charge is 0.304 e. The summed E-state index contributed by atoms with van der Waals surface area (Å²) in [7, 11) is 0. The highest BCUT2D eigenvalue weighted by Gasteiger charge is 2.52. The Balaban J connectivity index is 2.28. The number of amides is 2. The van der Waals surface area contributed by atoms with Crippen LogP contribution >= 0.6 is 0 Å². The molecular weight excluding hydrogens is 330 g/mol. The van der Waals surface area contributed by atoms with E-state index in [0.29, 0.717) is 11.3 Å². The number of hydrogen-bond donors (Lipinski definition) is 1. The van der Waals surface area contributed by atoms with Crippen LogP contribution in [0.2, 0.25) is 0 Å². The fourth-order valence-electron chi connectivity index (χ4n) is 3.61. The van der Waals surface area contributed by atoms with E-state index in [0.717, 1.165) is 17.7 Å². The van der Waals surface area contributed by atoms with E-state index in [1.807, 2.05) is 12.2 Å². The molecular formula is C21H27NO4. The number of carbonyl (C=O) groups excluding carboxylic acids is 2. The van der Waals surface area contributed by atoms with E-state index >= 15 is 0 Å². The van der Waals surface area contributed by atoms with Crippen molar-refractivity contribution in [2.24, 2.45) is 0 Å². The summed E-state index contributed by atoms with van der Waals surface area (Å²) in [6.45, 7) is 3.49. The summed E-state index contributed by atoms with van der Waals surface area (Å²) in [6, 6.07) is 6.99. The quantitative estimate of drug-likeness (QED) is 0.531. The molecule has 140 valence electrons. The zero-order chi connectivity index (χ0) is 19.2. The van der Waals surface area contributed by atoms with Crippen LogP contribution in [0.5, 0.6) is 0 Å². The molecule has 26 heavy (non-hydrogen) atoms. The Labute approximate surface area is 154 Å². The molecule has 2 amide bonds. The van der Waals surface area contributed by atoms with Gasteiger partial charge in [0.2, 0.25) is 11.8 Å². The third-order valence-corrected chi connectivity index (χ3v) is 4.90. The van der Waals surface area contributed by atoms with Gasteiger partial charge in [0.15, 0.2) is 0 Å². The van der Waals surface area contributed by atoms with Gasteiger partial charge < -0.3 is 5.11 Å². The van der Waals surface area contributed by atoms with Gasteiger partial charge in [-0.05, 0) is 30.9 Å². The van der Waals surface area contributed by atoms with Crippen LogP contribution in [0.4, 0.5) is 5.69 Å². The van der Waals surface area contributed by atoms with Gasteiger partial charge in [-0.25, -0.2) is 4.90 Å². The number of unbranched alkanes of at least 4 members (excludes halogenated alkanes) is 4. The molecule has 1 aromatic carbocycles. The number of carboxylic acids is 1. The van der Waals surface area contributed by atoms with Gasteiger partial charge in [-0.3, -0.25) is 14.4 Å². The van der Waals surface area contributed by atoms with Crippen molar-refractivity contribution in [3.8, 4) is 0 Å². The van der Waals surface area contributed by atoms with Crippen molar-refractivity contribution in [3.63, 3.8) is 0 Å². The predicted octanol–water partition coefficient (Wildman–Crippen LogP) is 4.21. The highest BCUT2D eigenvalue weighted by atomic mass is 16.4. The molecule has 5 heteroatoms. The zero-order valence-electron chi connectivity index (χ0n) is 15.5. The average molecular weight is 357 g/mol. The number of imide groups is 1. The molecule has 2 rings (SSSR count). The minimum absolute atomic E-state index is 0.284. The molecule has 0 aromatic heterocycles. The molecule has 0 radical (unpaired) electrons. The van der Waals surface area contributed by atoms with Gasteiger partial charge in [-0.2, -0.15) is 0 Å². The van der Waals surface area contributed by atoms with Crippen molar-refractivity contribution in [2.45, 2.75) is 64.2 Å². The van der Waals surface area contributed by atoms with Crippen molar-refractivity contribution in [2.75, 3.05) is 4.90 Å². The van der Waals surface area contributed by atoms with Crippen LogP contribution in [0, 0.1) is 0 Å². The van der Waals surface area contributed by atoms with Crippen molar-refractivity contribution in [3.05, 3.63) is 42.0 Å². The second kappa shape index (κ2) is 8.79. The van der Waals surface area contributed by atoms with E-state index in [4.69, 9.17) is 0 Å². The summed E-state index contributed by atoms with van der Waals surface area (Å²) in [5.74, 6) is -1.88. The van der Waals surface area contributed by atoms with Gasteiger partial charge in [-0.15, -0.1) is 0 Å². The van der Waals surface area contributed by atoms with Gasteiger partial charge in [0, 0.05) is 6.92 Å². The van der Waals surface area contributed by atoms with Crippen LogP contribution in [0.15, 0.2) is 36.4 Å². The first-order valence-corrected chi connectivity index (χ1v) is 9.25. The molecule has 5 nitrogen and oxygen atoms in total. The number of nitrogens with zero attached hydrogens (tertiary/aromatic N) is 1. The van der Waals surface area contributed by atoms with E-state index < -0.39 is 23.2 Å². The van der Waals surface area contributed by atoms with Gasteiger partial charge in [-0.1, -0.05) is 56.5 Å². The summed E-state index contributed by atoms with van der Waals surface area (Å²) in [5, 5.41) is 9.43. The topological polar surface area (TPSA) is 74.7 Å². The van der Waals surface area contributed by atoms with Gasteiger partial charge in [0.05, 0.1) is 17.5 Å². The Morgan fingerprint density at radius 3 is 2.54 bits per heavy atom. The van der Waals surface area contributed by atoms with Crippen molar-refractivity contribution < 1.29 is 19.5 Å². The second-order valence-corrected chi connectivity index (χ2v) is 6.85. The van der Waals surface area contributed by atoms with E-state index in [1.165, 1.54) is 26.2 Å². The number of fused-ring (bicyclic) bond motifs is 1. The molecule has 0 aliphatic carbocycles. The summed E-state index contributed by atoms with van der Waals surface area (Å²) in [5.41, 5.74) is -0.0885. The molecule has 0 fully saturated rings. The minimum Gasteiger partial charge on any atom is -0.481 e. The van der Waals surface area contributed by atoms with Gasteiger partial charge >= 0.3 is 5.97 Å². The summed E-state index contributed by atoms with van der Waals surface area (Å²) >= 11 is 0. The molecule has 1 heterocycles. The Hall–Kier alpha value is -2.43. The van der Waals surface area contributed by atoms with Crippen LogP contribution in [0.25, 0.3) is 0 Å². The van der Waals surface area contributed by atoms with E-state index in [2.05, 4.69) is 6.92 Å². The van der Waals surface area contributed by atoms with E-state index in [-0.39, 0.29) is 12.8 Å². The number of benzene rings is 1. The number of aliphatic carboxylic acids is 1. The molecule has 1 aliphatic heterocycles. The van der Waals surface area contributed by atoms with E-state index in [9.17, 15) is 19.5 Å². The third kappa shape index (κ3) is 4.03. The fourth-order valence-corrected chi connectivity index (χ4v) is 3.61. The summed E-state index contributed by atoms with van der Waals surface area (Å²) in [4.78, 5) is 37.7. The lowest BCUT2D eigenvalue weighted by Gasteiger charge is -2.25. The lowest BCUT2D eigenvalue weighted by molar-refractivity contribution is -0.142. The van der Waals surface area contributed by atoms with E-state index in [1.54, 1.807) is 24.3 Å². The largest absolute Gasteiger partial charge is 0.481 e. The Bertz CT molecular complexity index is 710. The SMILES string of the molecule is CCCCCC/C=C/C[C@@]1(CC(=O)O)C(=O)N(C(C)=O)c2ccccc21. The Morgan fingerprint density at radius 1 is 1.15 bits per heavy atom. The Morgan fingerprint density at radius 2 is 1.88 bits per heavy atom. The highest BCUT2D eigenvalue weighted by Crippen LogP contribution is 2.46. The number of carbonyl (C=O) groups is 3. The summed E-state index contributed by atoms with van der Waals surface area (Å²) in [6.07, 6.45) is 9.42. The number of allylic oxidation sites excluding steroid dienone is 2. The molecule has 0 spiro atoms. The fraction of sp³-hybridized carbons (Fsp3) is 0.476. The van der Waals surface area contributed by atoms with Gasteiger partial charge in [0.1, 0.15) is 0 Å². The standard InChI is InChI=1S/C21H27NO4/c1-3-4-5-6-7-8-11-14-21(15-19(24)25)17-12-9-10-13-18(17)22(16(2)23)20(21)26/h8-13H,3-7,14-15H2,1-2H3,(H,24,25)/b11-8+/t21-/m0/s1. The highest BCUT2D eigenvalue weighted by molar-refractivity contribution is 6.23. The number of hydrogen-bond acceptors (Lipinski definition) is 3.